The Morgan fingerprint density at radius 1 is 1.25 bits per heavy atom. The van der Waals surface area contributed by atoms with E-state index in [1.165, 1.54) is 25.1 Å². The van der Waals surface area contributed by atoms with Gasteiger partial charge in [0.2, 0.25) is 0 Å². The number of aromatic hydroxyl groups is 1. The Morgan fingerprint density at radius 2 is 1.93 bits per heavy atom. The maximum Gasteiger partial charge on any atom is 0.351 e. The van der Waals surface area contributed by atoms with Crippen molar-refractivity contribution in [1.82, 2.24) is 9.78 Å². The summed E-state index contributed by atoms with van der Waals surface area (Å²) in [5.41, 5.74) is 2.12. The van der Waals surface area contributed by atoms with Gasteiger partial charge >= 0.3 is 5.63 Å². The summed E-state index contributed by atoms with van der Waals surface area (Å²) in [7, 11) is 0. The summed E-state index contributed by atoms with van der Waals surface area (Å²) in [6, 6.07) is 9.25. The normalized spacial score (nSPS) is 11.3. The number of aromatic nitrogens is 2. The van der Waals surface area contributed by atoms with E-state index in [2.05, 4.69) is 5.10 Å². The number of hydrogen-bond donors (Lipinski definition) is 1. The lowest BCUT2D eigenvalue weighted by atomic mass is 10.1. The van der Waals surface area contributed by atoms with E-state index in [0.29, 0.717) is 23.0 Å². The molecule has 28 heavy (non-hydrogen) atoms. The lowest BCUT2D eigenvalue weighted by Gasteiger charge is -2.04. The Kier molecular flexibility index (Phi) is 5.51. The first kappa shape index (κ1) is 19.6. The molecule has 2 heterocycles. The zero-order valence-corrected chi connectivity index (χ0v) is 16.4. The van der Waals surface area contributed by atoms with Crippen LogP contribution in [0.1, 0.15) is 38.5 Å². The van der Waals surface area contributed by atoms with Crippen LogP contribution in [0.25, 0.3) is 6.08 Å². The monoisotopic (exact) mass is 398 g/mol. The van der Waals surface area contributed by atoms with Gasteiger partial charge < -0.3 is 9.52 Å². The van der Waals surface area contributed by atoms with Crippen molar-refractivity contribution in [2.75, 3.05) is 0 Å². The van der Waals surface area contributed by atoms with E-state index in [-0.39, 0.29) is 5.76 Å². The Balaban J connectivity index is 1.87. The molecule has 0 aliphatic heterocycles. The molecule has 0 radical (unpaired) electrons. The number of allylic oxidation sites excluding steroid dienone is 1. The molecule has 0 fully saturated rings. The van der Waals surface area contributed by atoms with Gasteiger partial charge in [-0.15, -0.1) is 0 Å². The van der Waals surface area contributed by atoms with Crippen LogP contribution >= 0.6 is 11.6 Å². The van der Waals surface area contributed by atoms with Gasteiger partial charge in [0.1, 0.15) is 22.2 Å². The first-order valence-electron chi connectivity index (χ1n) is 8.61. The van der Waals surface area contributed by atoms with Crippen LogP contribution in [0.2, 0.25) is 5.15 Å². The lowest BCUT2D eigenvalue weighted by molar-refractivity contribution is 0.104. The Labute approximate surface area is 166 Å². The SMILES string of the molecule is Cc1ccc(Cn2nc(C)c(/C=C/C(=O)c3c(O)cc(C)oc3=O)c2Cl)cc1. The van der Waals surface area contributed by atoms with Crippen molar-refractivity contribution >= 4 is 23.5 Å². The van der Waals surface area contributed by atoms with Gasteiger partial charge in [-0.2, -0.15) is 5.10 Å². The van der Waals surface area contributed by atoms with E-state index in [1.54, 1.807) is 11.6 Å². The second-order valence-corrected chi connectivity index (χ2v) is 6.89. The van der Waals surface area contributed by atoms with Gasteiger partial charge in [0.05, 0.1) is 12.2 Å². The van der Waals surface area contributed by atoms with Gasteiger partial charge in [-0.3, -0.25) is 4.79 Å². The van der Waals surface area contributed by atoms with E-state index in [1.807, 2.05) is 31.2 Å². The number of nitrogens with zero attached hydrogens (tertiary/aromatic N) is 2. The summed E-state index contributed by atoms with van der Waals surface area (Å²) in [6.45, 7) is 5.79. The molecule has 1 aromatic carbocycles. The fourth-order valence-corrected chi connectivity index (χ4v) is 3.09. The molecule has 3 aromatic rings. The highest BCUT2D eigenvalue weighted by Crippen LogP contribution is 2.23. The molecule has 0 amide bonds. The summed E-state index contributed by atoms with van der Waals surface area (Å²) in [5, 5.41) is 14.7. The first-order chi connectivity index (χ1) is 13.3. The number of hydrogen-bond acceptors (Lipinski definition) is 5. The molecule has 0 unspecified atom stereocenters. The Hall–Kier alpha value is -3.12. The standard InChI is InChI=1S/C21H19ClN2O4/c1-12-4-6-15(7-5-12)11-24-20(22)16(14(3)23-24)8-9-17(25)19-18(26)10-13(2)28-21(19)27/h4-10,26H,11H2,1-3H3/b9-8+. The molecule has 3 rings (SSSR count). The third kappa shape index (κ3) is 4.07. The molecule has 1 N–H and O–H groups in total. The molecule has 0 bridgehead atoms. The number of halogens is 1. The Morgan fingerprint density at radius 3 is 2.57 bits per heavy atom. The number of aryl methyl sites for hydroxylation is 3. The van der Waals surface area contributed by atoms with Crippen molar-refractivity contribution in [2.24, 2.45) is 0 Å². The van der Waals surface area contributed by atoms with Crippen molar-refractivity contribution < 1.29 is 14.3 Å². The van der Waals surface area contributed by atoms with Crippen LogP contribution in [0.15, 0.2) is 45.6 Å². The van der Waals surface area contributed by atoms with E-state index in [0.717, 1.165) is 11.1 Å². The molecule has 0 aliphatic carbocycles. The average Bonchev–Trinajstić information content (AvgIpc) is 2.87. The van der Waals surface area contributed by atoms with Crippen LogP contribution in [0.4, 0.5) is 0 Å². The zero-order chi connectivity index (χ0) is 20.4. The largest absolute Gasteiger partial charge is 0.507 e. The highest BCUT2D eigenvalue weighted by molar-refractivity contribution is 6.31. The van der Waals surface area contributed by atoms with Gasteiger partial charge in [-0.05, 0) is 38.5 Å². The summed E-state index contributed by atoms with van der Waals surface area (Å²) >= 11 is 6.43. The molecular weight excluding hydrogens is 380 g/mol. The van der Waals surface area contributed by atoms with Gasteiger partial charge in [-0.1, -0.05) is 41.4 Å². The second-order valence-electron chi connectivity index (χ2n) is 6.54. The van der Waals surface area contributed by atoms with Crippen LogP contribution in [-0.2, 0) is 6.54 Å². The first-order valence-corrected chi connectivity index (χ1v) is 8.98. The predicted molar refractivity (Wildman–Crippen MR) is 107 cm³/mol. The van der Waals surface area contributed by atoms with Crippen LogP contribution in [0.5, 0.6) is 5.75 Å². The van der Waals surface area contributed by atoms with Crippen molar-refractivity contribution in [3.05, 3.63) is 85.7 Å². The molecule has 6 nitrogen and oxygen atoms in total. The van der Waals surface area contributed by atoms with Crippen molar-refractivity contribution in [3.63, 3.8) is 0 Å². The predicted octanol–water partition coefficient (Wildman–Crippen LogP) is 4.06. The summed E-state index contributed by atoms with van der Waals surface area (Å²) in [6.07, 6.45) is 2.66. The lowest BCUT2D eigenvalue weighted by Crippen LogP contribution is -2.12. The smallest absolute Gasteiger partial charge is 0.351 e. The minimum Gasteiger partial charge on any atom is -0.507 e. The minimum atomic E-state index is -0.884. The third-order valence-corrected chi connectivity index (χ3v) is 4.66. The molecule has 0 aliphatic rings. The highest BCUT2D eigenvalue weighted by Gasteiger charge is 2.17. The molecule has 0 saturated heterocycles. The van der Waals surface area contributed by atoms with Crippen molar-refractivity contribution in [2.45, 2.75) is 27.3 Å². The van der Waals surface area contributed by atoms with Crippen LogP contribution < -0.4 is 5.63 Å². The fourth-order valence-electron chi connectivity index (χ4n) is 2.79. The van der Waals surface area contributed by atoms with Gasteiger partial charge in [-0.25, -0.2) is 9.48 Å². The maximum atomic E-state index is 12.3. The quantitative estimate of drug-likeness (QED) is 0.517. The number of ketones is 1. The number of carbonyl (C=O) groups is 1. The van der Waals surface area contributed by atoms with Gasteiger partial charge in [0, 0.05) is 11.6 Å². The van der Waals surface area contributed by atoms with Crippen molar-refractivity contribution in [1.29, 1.82) is 0 Å². The van der Waals surface area contributed by atoms with Gasteiger partial charge in [0.25, 0.3) is 0 Å². The molecular formula is C21H19ClN2O4. The van der Waals surface area contributed by atoms with Crippen LogP contribution in [0.3, 0.4) is 0 Å². The Bertz CT molecular complexity index is 1120. The molecule has 2 aromatic heterocycles. The fraction of sp³-hybridized carbons (Fsp3) is 0.190. The molecule has 0 atom stereocenters. The topological polar surface area (TPSA) is 85.3 Å². The maximum absolute atomic E-state index is 12.3. The molecule has 0 saturated carbocycles. The summed E-state index contributed by atoms with van der Waals surface area (Å²) in [5.74, 6) is -0.867. The number of carbonyl (C=O) groups excluding carboxylic acids is 1. The van der Waals surface area contributed by atoms with Crippen LogP contribution in [0, 0.1) is 20.8 Å². The van der Waals surface area contributed by atoms with E-state index in [9.17, 15) is 14.7 Å². The summed E-state index contributed by atoms with van der Waals surface area (Å²) < 4.78 is 6.52. The van der Waals surface area contributed by atoms with E-state index < -0.39 is 22.7 Å². The zero-order valence-electron chi connectivity index (χ0n) is 15.7. The van der Waals surface area contributed by atoms with E-state index in [4.69, 9.17) is 16.0 Å². The average molecular weight is 399 g/mol. The van der Waals surface area contributed by atoms with E-state index >= 15 is 0 Å². The minimum absolute atomic E-state index is 0.222. The number of rotatable bonds is 5. The number of benzene rings is 1. The molecule has 0 spiro atoms. The van der Waals surface area contributed by atoms with Crippen LogP contribution in [-0.4, -0.2) is 20.7 Å². The van der Waals surface area contributed by atoms with Crippen molar-refractivity contribution in [3.8, 4) is 5.75 Å². The second kappa shape index (κ2) is 7.86. The third-order valence-electron chi connectivity index (χ3n) is 4.26. The summed E-state index contributed by atoms with van der Waals surface area (Å²) in [4.78, 5) is 24.2. The molecule has 144 valence electrons. The van der Waals surface area contributed by atoms with Gasteiger partial charge in [0.15, 0.2) is 5.78 Å². The molecule has 7 heteroatoms. The highest BCUT2D eigenvalue weighted by atomic mass is 35.5.